The molecule has 2 atom stereocenters. The molecule has 1 saturated heterocycles. The molecule has 2 heterocycles. The third kappa shape index (κ3) is 7.31. The number of rotatable bonds is 10. The lowest BCUT2D eigenvalue weighted by molar-refractivity contribution is 0.0420. The minimum Gasteiger partial charge on any atom is -0.379 e. The molecule has 7 nitrogen and oxygen atoms in total. The van der Waals surface area contributed by atoms with E-state index in [1.807, 2.05) is 16.9 Å². The highest BCUT2D eigenvalue weighted by Gasteiger charge is 2.15. The second kappa shape index (κ2) is 11.0. The Balaban J connectivity index is 1.62. The molecule has 7 heteroatoms. The molecule has 1 fully saturated rings. The molecule has 2 unspecified atom stereocenters. The van der Waals surface area contributed by atoms with E-state index >= 15 is 0 Å². The largest absolute Gasteiger partial charge is 0.379 e. The maximum atomic E-state index is 5.77. The van der Waals surface area contributed by atoms with Crippen molar-refractivity contribution < 1.29 is 9.47 Å². The second-order valence-corrected chi connectivity index (χ2v) is 6.19. The quantitative estimate of drug-likeness (QED) is 0.382. The summed E-state index contributed by atoms with van der Waals surface area (Å²) in [7, 11) is 0. The Morgan fingerprint density at radius 2 is 2.42 bits per heavy atom. The molecule has 0 aromatic carbocycles. The van der Waals surface area contributed by atoms with E-state index in [-0.39, 0.29) is 6.10 Å². The lowest BCUT2D eigenvalue weighted by atomic mass is 10.2. The van der Waals surface area contributed by atoms with Crippen molar-refractivity contribution in [3.05, 3.63) is 18.5 Å². The van der Waals surface area contributed by atoms with Crippen LogP contribution in [0.25, 0.3) is 0 Å². The Morgan fingerprint density at radius 3 is 3.12 bits per heavy atom. The van der Waals surface area contributed by atoms with Crippen molar-refractivity contribution in [2.45, 2.75) is 39.3 Å². The summed E-state index contributed by atoms with van der Waals surface area (Å²) in [6.45, 7) is 9.96. The van der Waals surface area contributed by atoms with Crippen LogP contribution in [0.4, 0.5) is 0 Å². The van der Waals surface area contributed by atoms with Crippen molar-refractivity contribution in [1.82, 2.24) is 20.4 Å². The van der Waals surface area contributed by atoms with Gasteiger partial charge in [0.2, 0.25) is 0 Å². The molecule has 0 saturated carbocycles. The van der Waals surface area contributed by atoms with Crippen molar-refractivity contribution in [3.63, 3.8) is 0 Å². The third-order valence-corrected chi connectivity index (χ3v) is 3.82. The van der Waals surface area contributed by atoms with Crippen LogP contribution >= 0.6 is 0 Å². The topological polar surface area (TPSA) is 72.7 Å². The van der Waals surface area contributed by atoms with E-state index in [9.17, 15) is 0 Å². The molecule has 1 aromatic rings. The number of ether oxygens (including phenoxy) is 2. The number of hydrogen-bond donors (Lipinski definition) is 2. The van der Waals surface area contributed by atoms with Crippen LogP contribution < -0.4 is 10.6 Å². The van der Waals surface area contributed by atoms with Crippen molar-refractivity contribution in [3.8, 4) is 0 Å². The lowest BCUT2D eigenvalue weighted by Gasteiger charge is -2.14. The number of hydrogen-bond acceptors (Lipinski definition) is 4. The Labute approximate surface area is 144 Å². The molecule has 1 aliphatic heterocycles. The smallest absolute Gasteiger partial charge is 0.191 e. The van der Waals surface area contributed by atoms with Gasteiger partial charge in [-0.25, -0.2) is 0 Å². The van der Waals surface area contributed by atoms with Crippen LogP contribution in [0.2, 0.25) is 0 Å². The van der Waals surface area contributed by atoms with Crippen LogP contribution in [-0.2, 0) is 16.0 Å². The normalized spacial score (nSPS) is 19.4. The molecular formula is C17H31N5O2. The minimum atomic E-state index is 0.287. The molecule has 0 aliphatic carbocycles. The zero-order chi connectivity index (χ0) is 17.0. The van der Waals surface area contributed by atoms with Crippen LogP contribution in [0, 0.1) is 5.92 Å². The van der Waals surface area contributed by atoms with Crippen LogP contribution in [0.3, 0.4) is 0 Å². The fourth-order valence-corrected chi connectivity index (χ4v) is 2.55. The van der Waals surface area contributed by atoms with E-state index in [1.165, 1.54) is 0 Å². The summed E-state index contributed by atoms with van der Waals surface area (Å²) in [6, 6.07) is 1.95. The highest BCUT2D eigenvalue weighted by molar-refractivity contribution is 5.79. The van der Waals surface area contributed by atoms with E-state index in [4.69, 9.17) is 9.47 Å². The van der Waals surface area contributed by atoms with Crippen molar-refractivity contribution in [1.29, 1.82) is 0 Å². The van der Waals surface area contributed by atoms with E-state index < -0.39 is 0 Å². The molecule has 0 spiro atoms. The van der Waals surface area contributed by atoms with Gasteiger partial charge in [-0.2, -0.15) is 5.10 Å². The number of nitrogens with zero attached hydrogens (tertiary/aromatic N) is 3. The number of aromatic nitrogens is 2. The number of nitrogens with one attached hydrogen (secondary N) is 2. The van der Waals surface area contributed by atoms with Gasteiger partial charge in [0.1, 0.15) is 0 Å². The van der Waals surface area contributed by atoms with Crippen molar-refractivity contribution in [2.75, 3.05) is 39.5 Å². The summed E-state index contributed by atoms with van der Waals surface area (Å²) in [5, 5.41) is 10.9. The summed E-state index contributed by atoms with van der Waals surface area (Å²) in [4.78, 5) is 4.66. The monoisotopic (exact) mass is 337 g/mol. The zero-order valence-corrected chi connectivity index (χ0v) is 14.9. The average molecular weight is 337 g/mol. The Hall–Kier alpha value is -1.60. The third-order valence-electron chi connectivity index (χ3n) is 3.82. The molecule has 24 heavy (non-hydrogen) atoms. The molecular weight excluding hydrogens is 306 g/mol. The summed E-state index contributed by atoms with van der Waals surface area (Å²) >= 11 is 0. The van der Waals surface area contributed by atoms with Gasteiger partial charge in [0.15, 0.2) is 5.96 Å². The van der Waals surface area contributed by atoms with E-state index in [1.54, 1.807) is 6.20 Å². The highest BCUT2D eigenvalue weighted by Crippen LogP contribution is 2.07. The van der Waals surface area contributed by atoms with E-state index in [2.05, 4.69) is 34.6 Å². The molecule has 1 aromatic heterocycles. The van der Waals surface area contributed by atoms with E-state index in [0.717, 1.165) is 64.8 Å². The first-order valence-electron chi connectivity index (χ1n) is 8.97. The first kappa shape index (κ1) is 18.7. The second-order valence-electron chi connectivity index (χ2n) is 6.19. The Kier molecular flexibility index (Phi) is 8.62. The Morgan fingerprint density at radius 1 is 1.50 bits per heavy atom. The van der Waals surface area contributed by atoms with E-state index in [0.29, 0.717) is 5.92 Å². The highest BCUT2D eigenvalue weighted by atomic mass is 16.5. The predicted octanol–water partition coefficient (Wildman–Crippen LogP) is 1.27. The van der Waals surface area contributed by atoms with Gasteiger partial charge < -0.3 is 20.1 Å². The van der Waals surface area contributed by atoms with Gasteiger partial charge in [-0.3, -0.25) is 9.67 Å². The molecule has 2 N–H and O–H groups in total. The standard InChI is InChI=1S/C17H31N5O2/c1-3-18-17(19-7-5-10-24-16-6-11-23-14-16)20-12-15(2)13-22-9-4-8-21-22/h4,8-9,15-16H,3,5-7,10-14H2,1-2H3,(H2,18,19,20). The SMILES string of the molecule is CCNC(=NCC(C)Cn1cccn1)NCCCOC1CCOC1. The lowest BCUT2D eigenvalue weighted by Crippen LogP contribution is -2.38. The van der Waals surface area contributed by atoms with Crippen LogP contribution in [-0.4, -0.2) is 61.3 Å². The summed E-state index contributed by atoms with van der Waals surface area (Å²) in [5.74, 6) is 1.31. The fraction of sp³-hybridized carbons (Fsp3) is 0.765. The first-order chi connectivity index (χ1) is 11.8. The fourth-order valence-electron chi connectivity index (χ4n) is 2.55. The minimum absolute atomic E-state index is 0.287. The first-order valence-corrected chi connectivity index (χ1v) is 8.97. The molecule has 0 amide bonds. The summed E-state index contributed by atoms with van der Waals surface area (Å²) in [6.07, 6.45) is 6.06. The number of guanidine groups is 1. The maximum absolute atomic E-state index is 5.77. The van der Waals surface area contributed by atoms with Crippen LogP contribution in [0.1, 0.15) is 26.7 Å². The Bertz CT molecular complexity index is 458. The summed E-state index contributed by atoms with van der Waals surface area (Å²) < 4.78 is 13.0. The maximum Gasteiger partial charge on any atom is 0.191 e. The average Bonchev–Trinajstić information content (AvgIpc) is 3.26. The van der Waals surface area contributed by atoms with Gasteiger partial charge in [-0.05, 0) is 31.7 Å². The van der Waals surface area contributed by atoms with Gasteiger partial charge in [-0.1, -0.05) is 6.92 Å². The van der Waals surface area contributed by atoms with Crippen LogP contribution in [0.15, 0.2) is 23.5 Å². The van der Waals surface area contributed by atoms with Crippen LogP contribution in [0.5, 0.6) is 0 Å². The predicted molar refractivity (Wildman–Crippen MR) is 95.2 cm³/mol. The molecule has 2 rings (SSSR count). The molecule has 136 valence electrons. The van der Waals surface area contributed by atoms with Gasteiger partial charge in [-0.15, -0.1) is 0 Å². The molecule has 0 bridgehead atoms. The zero-order valence-electron chi connectivity index (χ0n) is 14.9. The van der Waals surface area contributed by atoms with Crippen molar-refractivity contribution in [2.24, 2.45) is 10.9 Å². The number of aliphatic imine (C=N–C) groups is 1. The van der Waals surface area contributed by atoms with Gasteiger partial charge >= 0.3 is 0 Å². The van der Waals surface area contributed by atoms with Gasteiger partial charge in [0.05, 0.1) is 12.7 Å². The molecule has 1 aliphatic rings. The van der Waals surface area contributed by atoms with Gasteiger partial charge in [0.25, 0.3) is 0 Å². The van der Waals surface area contributed by atoms with Crippen molar-refractivity contribution >= 4 is 5.96 Å². The summed E-state index contributed by atoms with van der Waals surface area (Å²) in [5.41, 5.74) is 0. The van der Waals surface area contributed by atoms with Gasteiger partial charge in [0, 0.05) is 51.8 Å². The molecule has 0 radical (unpaired) electrons.